The van der Waals surface area contributed by atoms with Crippen LogP contribution in [-0.4, -0.2) is 37.8 Å². The van der Waals surface area contributed by atoms with Crippen LogP contribution in [0, 0.1) is 0 Å². The third kappa shape index (κ3) is 5.79. The minimum Gasteiger partial charge on any atom is -0.493 e. The Labute approximate surface area is 161 Å². The molecule has 1 amide bonds. The van der Waals surface area contributed by atoms with Crippen molar-refractivity contribution in [3.63, 3.8) is 0 Å². The number of nitrogens with one attached hydrogen (secondary N) is 1. The third-order valence-electron chi connectivity index (χ3n) is 3.72. The number of aliphatic carboxylic acids is 1. The summed E-state index contributed by atoms with van der Waals surface area (Å²) >= 11 is 5.98. The van der Waals surface area contributed by atoms with Gasteiger partial charge in [-0.15, -0.1) is 0 Å². The van der Waals surface area contributed by atoms with Crippen molar-refractivity contribution in [1.29, 1.82) is 0 Å². The topological polar surface area (TPSA) is 94.1 Å². The van der Waals surface area contributed by atoms with Gasteiger partial charge in [0.05, 0.1) is 31.7 Å². The maximum atomic E-state index is 12.2. The number of hydrogen-bond donors (Lipinski definition) is 2. The summed E-state index contributed by atoms with van der Waals surface area (Å²) in [6, 6.07) is 10.9. The Balaban J connectivity index is 2.11. The number of methoxy groups -OCH3 is 2. The molecule has 0 saturated carbocycles. The van der Waals surface area contributed by atoms with Gasteiger partial charge in [0.15, 0.2) is 18.1 Å². The second-order valence-corrected chi connectivity index (χ2v) is 5.96. The molecule has 0 heterocycles. The lowest BCUT2D eigenvalue weighted by Crippen LogP contribution is -2.33. The van der Waals surface area contributed by atoms with Crippen LogP contribution in [0.4, 0.5) is 0 Å². The number of carbonyl (C=O) groups is 2. The first-order valence-corrected chi connectivity index (χ1v) is 8.42. The molecule has 0 fully saturated rings. The molecule has 0 saturated heterocycles. The molecule has 0 aliphatic rings. The summed E-state index contributed by atoms with van der Waals surface area (Å²) in [7, 11) is 2.98. The lowest BCUT2D eigenvalue weighted by atomic mass is 10.0. The molecule has 144 valence electrons. The van der Waals surface area contributed by atoms with Gasteiger partial charge in [0.25, 0.3) is 5.91 Å². The summed E-state index contributed by atoms with van der Waals surface area (Å²) < 4.78 is 15.8. The molecule has 2 rings (SSSR count). The van der Waals surface area contributed by atoms with E-state index >= 15 is 0 Å². The normalized spacial score (nSPS) is 11.4. The Morgan fingerprint density at radius 2 is 1.78 bits per heavy atom. The highest BCUT2D eigenvalue weighted by atomic mass is 35.5. The Morgan fingerprint density at radius 1 is 1.07 bits per heavy atom. The fourth-order valence-corrected chi connectivity index (χ4v) is 2.63. The molecular weight excluding hydrogens is 374 g/mol. The molecule has 1 unspecified atom stereocenters. The van der Waals surface area contributed by atoms with Crippen LogP contribution >= 0.6 is 11.6 Å². The highest BCUT2D eigenvalue weighted by Crippen LogP contribution is 2.31. The van der Waals surface area contributed by atoms with Gasteiger partial charge in [0.1, 0.15) is 5.75 Å². The van der Waals surface area contributed by atoms with Gasteiger partial charge >= 0.3 is 5.97 Å². The Morgan fingerprint density at radius 3 is 2.41 bits per heavy atom. The summed E-state index contributed by atoms with van der Waals surface area (Å²) in [6.07, 6.45) is -0.298. The van der Waals surface area contributed by atoms with Crippen molar-refractivity contribution in [2.24, 2.45) is 0 Å². The van der Waals surface area contributed by atoms with Crippen LogP contribution in [-0.2, 0) is 9.59 Å². The van der Waals surface area contributed by atoms with Gasteiger partial charge in [-0.1, -0.05) is 29.8 Å². The molecule has 0 radical (unpaired) electrons. The first-order valence-electron chi connectivity index (χ1n) is 8.05. The minimum absolute atomic E-state index is 0.298. The van der Waals surface area contributed by atoms with Crippen LogP contribution < -0.4 is 19.5 Å². The van der Waals surface area contributed by atoms with Crippen LogP contribution in [0.1, 0.15) is 18.0 Å². The SMILES string of the molecule is COc1ccc(C(CC(=O)O)NC(=O)COc2ccccc2Cl)cc1OC. The zero-order valence-corrected chi connectivity index (χ0v) is 15.7. The first kappa shape index (κ1) is 20.4. The van der Waals surface area contributed by atoms with E-state index in [2.05, 4.69) is 5.32 Å². The summed E-state index contributed by atoms with van der Waals surface area (Å²) in [5, 5.41) is 12.2. The van der Waals surface area contributed by atoms with Gasteiger partial charge in [-0.2, -0.15) is 0 Å². The number of ether oxygens (including phenoxy) is 3. The van der Waals surface area contributed by atoms with E-state index in [1.165, 1.54) is 14.2 Å². The molecule has 7 nitrogen and oxygen atoms in total. The van der Waals surface area contributed by atoms with Crippen molar-refractivity contribution in [3.05, 3.63) is 53.1 Å². The number of amides is 1. The van der Waals surface area contributed by atoms with E-state index < -0.39 is 17.9 Å². The van der Waals surface area contributed by atoms with E-state index in [0.29, 0.717) is 27.8 Å². The number of hydrogen-bond acceptors (Lipinski definition) is 5. The van der Waals surface area contributed by atoms with Crippen molar-refractivity contribution in [1.82, 2.24) is 5.32 Å². The molecule has 0 aliphatic carbocycles. The van der Waals surface area contributed by atoms with Crippen LogP contribution in [0.3, 0.4) is 0 Å². The molecule has 0 spiro atoms. The van der Waals surface area contributed by atoms with Crippen LogP contribution in [0.5, 0.6) is 17.2 Å². The monoisotopic (exact) mass is 393 g/mol. The zero-order chi connectivity index (χ0) is 19.8. The Bertz CT molecular complexity index is 811. The highest BCUT2D eigenvalue weighted by molar-refractivity contribution is 6.32. The number of halogens is 1. The molecule has 2 aromatic rings. The standard InChI is InChI=1S/C19H20ClNO6/c1-25-16-8-7-12(9-17(16)26-2)14(10-19(23)24)21-18(22)11-27-15-6-4-3-5-13(15)20/h3-9,14H,10-11H2,1-2H3,(H,21,22)(H,23,24). The van der Waals surface area contributed by atoms with Crippen molar-refractivity contribution in [2.45, 2.75) is 12.5 Å². The molecule has 2 aromatic carbocycles. The number of rotatable bonds is 9. The van der Waals surface area contributed by atoms with Crippen LogP contribution in [0.15, 0.2) is 42.5 Å². The van der Waals surface area contributed by atoms with E-state index in [9.17, 15) is 14.7 Å². The number of para-hydroxylation sites is 1. The summed E-state index contributed by atoms with van der Waals surface area (Å²) in [5.74, 6) is -0.219. The molecule has 0 aliphatic heterocycles. The fraction of sp³-hybridized carbons (Fsp3) is 0.263. The van der Waals surface area contributed by atoms with Crippen LogP contribution in [0.2, 0.25) is 5.02 Å². The quantitative estimate of drug-likeness (QED) is 0.680. The molecular formula is C19H20ClNO6. The molecule has 1 atom stereocenters. The largest absolute Gasteiger partial charge is 0.493 e. The molecule has 0 bridgehead atoms. The maximum Gasteiger partial charge on any atom is 0.305 e. The van der Waals surface area contributed by atoms with Crippen molar-refractivity contribution in [3.8, 4) is 17.2 Å². The van der Waals surface area contributed by atoms with Gasteiger partial charge in [0, 0.05) is 0 Å². The van der Waals surface area contributed by atoms with E-state index in [0.717, 1.165) is 0 Å². The molecule has 0 aromatic heterocycles. The van der Waals surface area contributed by atoms with Gasteiger partial charge in [0.2, 0.25) is 0 Å². The smallest absolute Gasteiger partial charge is 0.305 e. The predicted octanol–water partition coefficient (Wildman–Crippen LogP) is 3.07. The minimum atomic E-state index is -1.05. The van der Waals surface area contributed by atoms with Crippen LogP contribution in [0.25, 0.3) is 0 Å². The van der Waals surface area contributed by atoms with E-state index in [1.54, 1.807) is 42.5 Å². The summed E-state index contributed by atoms with van der Waals surface area (Å²) in [6.45, 7) is -0.298. The number of carbonyl (C=O) groups excluding carboxylic acids is 1. The lowest BCUT2D eigenvalue weighted by Gasteiger charge is -2.19. The highest BCUT2D eigenvalue weighted by Gasteiger charge is 2.20. The Kier molecular flexibility index (Phi) is 7.31. The second-order valence-electron chi connectivity index (χ2n) is 5.55. The maximum absolute atomic E-state index is 12.2. The van der Waals surface area contributed by atoms with Crippen molar-refractivity contribution in [2.75, 3.05) is 20.8 Å². The second kappa shape index (κ2) is 9.68. The molecule has 8 heteroatoms. The summed E-state index contributed by atoms with van der Waals surface area (Å²) in [4.78, 5) is 23.5. The van der Waals surface area contributed by atoms with Gasteiger partial charge in [-0.25, -0.2) is 0 Å². The average Bonchev–Trinajstić information content (AvgIpc) is 2.66. The first-order chi connectivity index (χ1) is 12.9. The van der Waals surface area contributed by atoms with E-state index in [1.807, 2.05) is 0 Å². The molecule has 2 N–H and O–H groups in total. The third-order valence-corrected chi connectivity index (χ3v) is 4.03. The number of carboxylic acid groups (broad SMARTS) is 1. The zero-order valence-electron chi connectivity index (χ0n) is 14.9. The van der Waals surface area contributed by atoms with Gasteiger partial charge in [-0.05, 0) is 29.8 Å². The van der Waals surface area contributed by atoms with E-state index in [-0.39, 0.29) is 13.0 Å². The number of benzene rings is 2. The molecule has 27 heavy (non-hydrogen) atoms. The van der Waals surface area contributed by atoms with E-state index in [4.69, 9.17) is 25.8 Å². The summed E-state index contributed by atoms with van der Waals surface area (Å²) in [5.41, 5.74) is 0.571. The van der Waals surface area contributed by atoms with Gasteiger partial charge < -0.3 is 24.6 Å². The van der Waals surface area contributed by atoms with Crippen molar-refractivity contribution < 1.29 is 28.9 Å². The predicted molar refractivity (Wildman–Crippen MR) is 99.6 cm³/mol. The Hall–Kier alpha value is -2.93. The van der Waals surface area contributed by atoms with Gasteiger partial charge in [-0.3, -0.25) is 9.59 Å². The van der Waals surface area contributed by atoms with Crippen molar-refractivity contribution >= 4 is 23.5 Å². The average molecular weight is 394 g/mol. The fourth-order valence-electron chi connectivity index (χ4n) is 2.44. The lowest BCUT2D eigenvalue weighted by molar-refractivity contribution is -0.137. The number of carboxylic acids is 1.